The number of hydrogen-bond donors (Lipinski definition) is 0. The number of nitrogens with zero attached hydrogens (tertiary/aromatic N) is 4. The summed E-state index contributed by atoms with van der Waals surface area (Å²) in [5, 5.41) is 17.2. The molecule has 16 heavy (non-hydrogen) atoms. The largest absolute Gasteiger partial charge is 0.249 e. The van der Waals surface area contributed by atoms with Gasteiger partial charge < -0.3 is 0 Å². The van der Waals surface area contributed by atoms with Crippen LogP contribution in [-0.4, -0.2) is 15.0 Å². The van der Waals surface area contributed by atoms with Crippen molar-refractivity contribution in [2.45, 2.75) is 51.0 Å². The first-order chi connectivity index (χ1) is 7.88. The standard InChI is InChI=1S/C12H16N4/c13-7-6-11-12(10-2-1-3-10)16(15-14-11)8-9-4-5-9/h9-10H,1-6,8H2. The Kier molecular flexibility index (Phi) is 2.39. The number of nitriles is 1. The highest BCUT2D eigenvalue weighted by Crippen LogP contribution is 2.39. The van der Waals surface area contributed by atoms with Gasteiger partial charge in [0, 0.05) is 12.5 Å². The molecule has 1 heterocycles. The molecule has 0 saturated heterocycles. The molecule has 0 radical (unpaired) electrons. The zero-order valence-electron chi connectivity index (χ0n) is 9.39. The summed E-state index contributed by atoms with van der Waals surface area (Å²) in [7, 11) is 0. The van der Waals surface area contributed by atoms with Gasteiger partial charge in [0.1, 0.15) is 5.69 Å². The van der Waals surface area contributed by atoms with E-state index in [9.17, 15) is 0 Å². The zero-order valence-corrected chi connectivity index (χ0v) is 9.39. The Hall–Kier alpha value is -1.37. The van der Waals surface area contributed by atoms with E-state index in [1.165, 1.54) is 37.8 Å². The zero-order chi connectivity index (χ0) is 11.0. The van der Waals surface area contributed by atoms with Crippen molar-refractivity contribution in [3.63, 3.8) is 0 Å². The predicted molar refractivity (Wildman–Crippen MR) is 58.7 cm³/mol. The summed E-state index contributed by atoms with van der Waals surface area (Å²) in [6, 6.07) is 2.19. The number of hydrogen-bond acceptors (Lipinski definition) is 3. The molecule has 4 heteroatoms. The van der Waals surface area contributed by atoms with Crippen molar-refractivity contribution in [3.8, 4) is 6.07 Å². The van der Waals surface area contributed by atoms with E-state index < -0.39 is 0 Å². The van der Waals surface area contributed by atoms with Crippen LogP contribution in [0, 0.1) is 17.2 Å². The Bertz CT molecular complexity index is 421. The van der Waals surface area contributed by atoms with Crippen LogP contribution in [0.3, 0.4) is 0 Å². The average molecular weight is 216 g/mol. The molecule has 2 aliphatic carbocycles. The highest BCUT2D eigenvalue weighted by molar-refractivity contribution is 5.21. The fraction of sp³-hybridized carbons (Fsp3) is 0.750. The van der Waals surface area contributed by atoms with Gasteiger partial charge in [-0.25, -0.2) is 4.68 Å². The van der Waals surface area contributed by atoms with Gasteiger partial charge in [0.2, 0.25) is 0 Å². The Labute approximate surface area is 95.3 Å². The minimum atomic E-state index is 0.413. The third kappa shape index (κ3) is 1.71. The Morgan fingerprint density at radius 1 is 1.31 bits per heavy atom. The van der Waals surface area contributed by atoms with E-state index in [4.69, 9.17) is 5.26 Å². The monoisotopic (exact) mass is 216 g/mol. The van der Waals surface area contributed by atoms with Crippen LogP contribution < -0.4 is 0 Å². The van der Waals surface area contributed by atoms with Crippen LogP contribution in [0.1, 0.15) is 49.4 Å². The third-order valence-corrected chi connectivity index (χ3v) is 3.71. The van der Waals surface area contributed by atoms with Gasteiger partial charge in [0.25, 0.3) is 0 Å². The maximum absolute atomic E-state index is 8.79. The number of rotatable bonds is 4. The van der Waals surface area contributed by atoms with Crippen molar-refractivity contribution >= 4 is 0 Å². The van der Waals surface area contributed by atoms with Crippen LogP contribution in [0.4, 0.5) is 0 Å². The van der Waals surface area contributed by atoms with Crippen molar-refractivity contribution in [3.05, 3.63) is 11.4 Å². The summed E-state index contributed by atoms with van der Waals surface area (Å²) in [4.78, 5) is 0. The van der Waals surface area contributed by atoms with Crippen LogP contribution in [0.25, 0.3) is 0 Å². The Balaban J connectivity index is 1.87. The molecular formula is C12H16N4. The highest BCUT2D eigenvalue weighted by atomic mass is 15.4. The fourth-order valence-electron chi connectivity index (χ4n) is 2.37. The molecule has 0 atom stereocenters. The second-order valence-electron chi connectivity index (χ2n) is 5.01. The van der Waals surface area contributed by atoms with Crippen LogP contribution in [0.15, 0.2) is 0 Å². The second kappa shape index (κ2) is 3.89. The summed E-state index contributed by atoms with van der Waals surface area (Å²) < 4.78 is 2.08. The SMILES string of the molecule is N#CCc1nnn(CC2CC2)c1C1CCC1. The molecule has 1 aromatic rings. The minimum absolute atomic E-state index is 0.413. The van der Waals surface area contributed by atoms with Gasteiger partial charge in [-0.1, -0.05) is 11.6 Å². The molecule has 2 aliphatic rings. The molecular weight excluding hydrogens is 200 g/mol. The van der Waals surface area contributed by atoms with Gasteiger partial charge in [0.05, 0.1) is 18.2 Å². The maximum Gasteiger partial charge on any atom is 0.100 e. The molecule has 1 aromatic heterocycles. The van der Waals surface area contributed by atoms with Gasteiger partial charge in [-0.05, 0) is 31.6 Å². The van der Waals surface area contributed by atoms with Gasteiger partial charge in [-0.2, -0.15) is 5.26 Å². The molecule has 0 aliphatic heterocycles. The van der Waals surface area contributed by atoms with E-state index in [0.29, 0.717) is 12.3 Å². The van der Waals surface area contributed by atoms with Crippen LogP contribution in [0.2, 0.25) is 0 Å². The van der Waals surface area contributed by atoms with E-state index >= 15 is 0 Å². The van der Waals surface area contributed by atoms with Crippen molar-refractivity contribution in [2.75, 3.05) is 0 Å². The maximum atomic E-state index is 8.79. The molecule has 84 valence electrons. The van der Waals surface area contributed by atoms with Crippen molar-refractivity contribution in [2.24, 2.45) is 5.92 Å². The van der Waals surface area contributed by atoms with Crippen LogP contribution in [0.5, 0.6) is 0 Å². The first-order valence-corrected chi connectivity index (χ1v) is 6.17. The molecule has 0 aromatic carbocycles. The van der Waals surface area contributed by atoms with E-state index in [0.717, 1.165) is 18.2 Å². The average Bonchev–Trinajstić information content (AvgIpc) is 2.93. The second-order valence-corrected chi connectivity index (χ2v) is 5.01. The summed E-state index contributed by atoms with van der Waals surface area (Å²) in [5.74, 6) is 1.44. The van der Waals surface area contributed by atoms with E-state index in [-0.39, 0.29) is 0 Å². The first kappa shape index (κ1) is 9.83. The lowest BCUT2D eigenvalue weighted by Gasteiger charge is -2.26. The van der Waals surface area contributed by atoms with Crippen molar-refractivity contribution in [1.82, 2.24) is 15.0 Å². The van der Waals surface area contributed by atoms with Gasteiger partial charge >= 0.3 is 0 Å². The molecule has 2 saturated carbocycles. The minimum Gasteiger partial charge on any atom is -0.249 e. The predicted octanol–water partition coefficient (Wildman–Crippen LogP) is 2.02. The molecule has 0 bridgehead atoms. The lowest BCUT2D eigenvalue weighted by Crippen LogP contribution is -2.17. The topological polar surface area (TPSA) is 54.5 Å². The quantitative estimate of drug-likeness (QED) is 0.773. The summed E-state index contributed by atoms with van der Waals surface area (Å²) in [5.41, 5.74) is 2.19. The molecule has 3 rings (SSSR count). The van der Waals surface area contributed by atoms with Gasteiger partial charge in [-0.15, -0.1) is 5.10 Å². The lowest BCUT2D eigenvalue weighted by molar-refractivity contribution is 0.380. The molecule has 0 unspecified atom stereocenters. The van der Waals surface area contributed by atoms with Crippen LogP contribution in [-0.2, 0) is 13.0 Å². The molecule has 4 nitrogen and oxygen atoms in total. The van der Waals surface area contributed by atoms with Gasteiger partial charge in [-0.3, -0.25) is 0 Å². The molecule has 0 N–H and O–H groups in total. The van der Waals surface area contributed by atoms with Crippen molar-refractivity contribution < 1.29 is 0 Å². The third-order valence-electron chi connectivity index (χ3n) is 3.71. The normalized spacial score (nSPS) is 20.4. The van der Waals surface area contributed by atoms with E-state index in [1.54, 1.807) is 0 Å². The number of aromatic nitrogens is 3. The summed E-state index contributed by atoms with van der Waals surface area (Å²) >= 11 is 0. The fourth-order valence-corrected chi connectivity index (χ4v) is 2.37. The van der Waals surface area contributed by atoms with Gasteiger partial charge in [0.15, 0.2) is 0 Å². The van der Waals surface area contributed by atoms with Crippen molar-refractivity contribution in [1.29, 1.82) is 5.26 Å². The Morgan fingerprint density at radius 2 is 2.12 bits per heavy atom. The first-order valence-electron chi connectivity index (χ1n) is 6.17. The van der Waals surface area contributed by atoms with E-state index in [2.05, 4.69) is 21.1 Å². The van der Waals surface area contributed by atoms with E-state index in [1.807, 2.05) is 0 Å². The molecule has 0 amide bonds. The summed E-state index contributed by atoms with van der Waals surface area (Å²) in [6.07, 6.45) is 6.88. The van der Waals surface area contributed by atoms with Crippen LogP contribution >= 0.6 is 0 Å². The highest BCUT2D eigenvalue weighted by Gasteiger charge is 2.30. The molecule has 0 spiro atoms. The smallest absolute Gasteiger partial charge is 0.100 e. The molecule has 2 fully saturated rings. The summed E-state index contributed by atoms with van der Waals surface area (Å²) in [6.45, 7) is 1.02. The Morgan fingerprint density at radius 3 is 2.69 bits per heavy atom. The lowest BCUT2D eigenvalue weighted by atomic mass is 9.81.